The maximum absolute atomic E-state index is 5.63. The van der Waals surface area contributed by atoms with Gasteiger partial charge >= 0.3 is 0 Å². The molecule has 30 heavy (non-hydrogen) atoms. The van der Waals surface area contributed by atoms with Crippen molar-refractivity contribution in [2.24, 2.45) is 0 Å². The number of ether oxygens (including phenoxy) is 2. The lowest BCUT2D eigenvalue weighted by atomic mass is 9.87. The summed E-state index contributed by atoms with van der Waals surface area (Å²) in [5.41, 5.74) is 5.37. The largest absolute Gasteiger partial charge is 0.493 e. The minimum atomic E-state index is 0.160. The van der Waals surface area contributed by atoms with Gasteiger partial charge in [0.25, 0.3) is 0 Å². The summed E-state index contributed by atoms with van der Waals surface area (Å²) in [5.74, 6) is 1.57. The lowest BCUT2D eigenvalue weighted by Gasteiger charge is -2.38. The number of nitrogens with one attached hydrogen (secondary N) is 3. The van der Waals surface area contributed by atoms with Crippen LogP contribution in [0.4, 0.5) is 0 Å². The molecular weight excluding hydrogens is 394 g/mol. The van der Waals surface area contributed by atoms with Crippen LogP contribution >= 0.6 is 12.2 Å². The average molecular weight is 429 g/mol. The zero-order chi connectivity index (χ0) is 21.7. The van der Waals surface area contributed by atoms with Gasteiger partial charge in [-0.25, -0.2) is 0 Å². The summed E-state index contributed by atoms with van der Waals surface area (Å²) in [6, 6.07) is 13.4. The molecule has 1 aliphatic rings. The molecule has 0 saturated heterocycles. The lowest BCUT2D eigenvalue weighted by Crippen LogP contribution is -3.13. The molecule has 6 heteroatoms. The Kier molecular flexibility index (Phi) is 7.56. The number of aryl methyl sites for hydroxylation is 1. The van der Waals surface area contributed by atoms with Gasteiger partial charge in [-0.3, -0.25) is 0 Å². The Hall–Kier alpha value is -2.31. The standard InChI is InChI=1S/C24H33N3O2S/c1-6-25-24(30)26-17(3)23-20-14-22(29-5)21(28-4)13-18(20)11-12-27(23)15-19-10-8-7-9-16(19)2/h7-10,13-14,17,23H,6,11-12,15H2,1-5H3,(H2,25,26,30)/p+1/t17-,23+/m1/s1. The molecule has 2 aromatic rings. The maximum atomic E-state index is 5.63. The molecular formula is C24H34N3O2S+. The molecule has 0 bridgehead atoms. The Morgan fingerprint density at radius 1 is 1.20 bits per heavy atom. The van der Waals surface area contributed by atoms with E-state index in [1.54, 1.807) is 14.2 Å². The Morgan fingerprint density at radius 3 is 2.57 bits per heavy atom. The normalized spacial score (nSPS) is 18.8. The number of hydrogen-bond acceptors (Lipinski definition) is 3. The number of fused-ring (bicyclic) bond motifs is 1. The van der Waals surface area contributed by atoms with Gasteiger partial charge in [0.2, 0.25) is 0 Å². The van der Waals surface area contributed by atoms with Gasteiger partial charge in [0, 0.05) is 24.1 Å². The lowest BCUT2D eigenvalue weighted by molar-refractivity contribution is -0.948. The minimum absolute atomic E-state index is 0.160. The van der Waals surface area contributed by atoms with Crippen LogP contribution in [0.5, 0.6) is 11.5 Å². The molecule has 0 fully saturated rings. The van der Waals surface area contributed by atoms with Crippen LogP contribution in [0.3, 0.4) is 0 Å². The molecule has 0 saturated carbocycles. The third kappa shape index (κ3) is 4.87. The van der Waals surface area contributed by atoms with E-state index in [1.165, 1.54) is 27.2 Å². The van der Waals surface area contributed by atoms with Gasteiger partial charge in [-0.2, -0.15) is 0 Å². The summed E-state index contributed by atoms with van der Waals surface area (Å²) < 4.78 is 11.2. The van der Waals surface area contributed by atoms with E-state index in [4.69, 9.17) is 21.7 Å². The SMILES string of the molecule is CCNC(=S)N[C@H](C)[C@H]1c2cc(OC)c(OC)cc2CC[NH+]1Cc1ccccc1C. The molecule has 1 unspecified atom stereocenters. The smallest absolute Gasteiger partial charge is 0.166 e. The van der Waals surface area contributed by atoms with Gasteiger partial charge in [-0.15, -0.1) is 0 Å². The first-order valence-electron chi connectivity index (χ1n) is 10.7. The van der Waals surface area contributed by atoms with Crippen LogP contribution in [0.2, 0.25) is 0 Å². The highest BCUT2D eigenvalue weighted by Crippen LogP contribution is 2.35. The molecule has 3 rings (SSSR count). The highest BCUT2D eigenvalue weighted by Gasteiger charge is 2.37. The van der Waals surface area contributed by atoms with E-state index < -0.39 is 0 Å². The average Bonchev–Trinajstić information content (AvgIpc) is 2.74. The van der Waals surface area contributed by atoms with E-state index in [9.17, 15) is 0 Å². The van der Waals surface area contributed by atoms with Crippen molar-refractivity contribution in [3.8, 4) is 11.5 Å². The molecule has 0 radical (unpaired) electrons. The molecule has 5 nitrogen and oxygen atoms in total. The molecule has 1 aliphatic heterocycles. The van der Waals surface area contributed by atoms with Gasteiger partial charge in [0.05, 0.1) is 26.8 Å². The number of rotatable bonds is 7. The second kappa shape index (κ2) is 10.1. The monoisotopic (exact) mass is 428 g/mol. The Morgan fingerprint density at radius 2 is 1.90 bits per heavy atom. The van der Waals surface area contributed by atoms with Crippen LogP contribution in [0.25, 0.3) is 0 Å². The van der Waals surface area contributed by atoms with Crippen molar-refractivity contribution < 1.29 is 14.4 Å². The first kappa shape index (κ1) is 22.4. The first-order valence-corrected chi connectivity index (χ1v) is 11.1. The van der Waals surface area contributed by atoms with Crippen molar-refractivity contribution >= 4 is 17.3 Å². The highest BCUT2D eigenvalue weighted by molar-refractivity contribution is 7.80. The molecule has 0 aromatic heterocycles. The summed E-state index contributed by atoms with van der Waals surface area (Å²) in [6.45, 7) is 9.31. The third-order valence-electron chi connectivity index (χ3n) is 6.01. The predicted octanol–water partition coefficient (Wildman–Crippen LogP) is 2.57. The summed E-state index contributed by atoms with van der Waals surface area (Å²) in [7, 11) is 3.39. The third-order valence-corrected chi connectivity index (χ3v) is 6.27. The van der Waals surface area contributed by atoms with E-state index in [-0.39, 0.29) is 12.1 Å². The van der Waals surface area contributed by atoms with Gasteiger partial charge in [-0.1, -0.05) is 24.3 Å². The Balaban J connectivity index is 1.99. The molecule has 0 aliphatic carbocycles. The molecule has 2 aromatic carbocycles. The molecule has 0 spiro atoms. The van der Waals surface area contributed by atoms with E-state index >= 15 is 0 Å². The van der Waals surface area contributed by atoms with Crippen molar-refractivity contribution in [1.82, 2.24) is 10.6 Å². The fourth-order valence-corrected chi connectivity index (χ4v) is 4.82. The van der Waals surface area contributed by atoms with Crippen LogP contribution in [0.15, 0.2) is 36.4 Å². The van der Waals surface area contributed by atoms with Crippen LogP contribution < -0.4 is 25.0 Å². The van der Waals surface area contributed by atoms with Crippen molar-refractivity contribution in [3.05, 3.63) is 58.7 Å². The maximum Gasteiger partial charge on any atom is 0.166 e. The summed E-state index contributed by atoms with van der Waals surface area (Å²) in [6.07, 6.45) is 1.01. The highest BCUT2D eigenvalue weighted by atomic mass is 32.1. The first-order chi connectivity index (χ1) is 14.5. The number of benzene rings is 2. The zero-order valence-electron chi connectivity index (χ0n) is 18.7. The van der Waals surface area contributed by atoms with Crippen molar-refractivity contribution in [1.29, 1.82) is 0 Å². The van der Waals surface area contributed by atoms with Crippen LogP contribution in [0.1, 0.15) is 42.1 Å². The number of hydrogen-bond donors (Lipinski definition) is 3. The number of quaternary nitrogens is 1. The van der Waals surface area contributed by atoms with Gasteiger partial charge in [0.15, 0.2) is 16.6 Å². The molecule has 3 atom stereocenters. The molecule has 3 N–H and O–H groups in total. The van der Waals surface area contributed by atoms with Crippen LogP contribution in [-0.4, -0.2) is 38.5 Å². The summed E-state index contributed by atoms with van der Waals surface area (Å²) in [4.78, 5) is 1.53. The van der Waals surface area contributed by atoms with Crippen molar-refractivity contribution in [3.63, 3.8) is 0 Å². The fraction of sp³-hybridized carbons (Fsp3) is 0.458. The van der Waals surface area contributed by atoms with E-state index in [2.05, 4.69) is 67.8 Å². The van der Waals surface area contributed by atoms with Crippen molar-refractivity contribution in [2.45, 2.75) is 45.8 Å². The Bertz CT molecular complexity index is 887. The number of methoxy groups -OCH3 is 2. The zero-order valence-corrected chi connectivity index (χ0v) is 19.5. The second-order valence-corrected chi connectivity index (χ2v) is 8.35. The van der Waals surface area contributed by atoms with Gasteiger partial charge < -0.3 is 25.0 Å². The summed E-state index contributed by atoms with van der Waals surface area (Å²) >= 11 is 5.50. The Labute approximate surface area is 185 Å². The summed E-state index contributed by atoms with van der Waals surface area (Å²) in [5, 5.41) is 7.44. The van der Waals surface area contributed by atoms with Crippen LogP contribution in [-0.2, 0) is 13.0 Å². The van der Waals surface area contributed by atoms with Crippen molar-refractivity contribution in [2.75, 3.05) is 27.3 Å². The fourth-order valence-electron chi connectivity index (χ4n) is 4.49. The van der Waals surface area contributed by atoms with E-state index in [0.29, 0.717) is 5.11 Å². The predicted molar refractivity (Wildman–Crippen MR) is 126 cm³/mol. The molecule has 0 amide bonds. The molecule has 162 valence electrons. The second-order valence-electron chi connectivity index (χ2n) is 7.94. The topological polar surface area (TPSA) is 47.0 Å². The van der Waals surface area contributed by atoms with Gasteiger partial charge in [-0.05, 0) is 56.2 Å². The number of thiocarbonyl (C=S) groups is 1. The quantitative estimate of drug-likeness (QED) is 0.592. The molecule has 1 heterocycles. The van der Waals surface area contributed by atoms with Crippen LogP contribution in [0, 0.1) is 6.92 Å². The van der Waals surface area contributed by atoms with Gasteiger partial charge in [0.1, 0.15) is 12.6 Å². The van der Waals surface area contributed by atoms with E-state index in [1.807, 2.05) is 0 Å². The minimum Gasteiger partial charge on any atom is -0.493 e. The van der Waals surface area contributed by atoms with E-state index in [0.717, 1.165) is 37.6 Å².